The predicted molar refractivity (Wildman–Crippen MR) is 110 cm³/mol. The van der Waals surface area contributed by atoms with Gasteiger partial charge < -0.3 is 19.0 Å². The van der Waals surface area contributed by atoms with Gasteiger partial charge in [0.15, 0.2) is 8.32 Å². The molecule has 2 unspecified atom stereocenters. The largest absolute Gasteiger partial charge is 0.444 e. The highest BCUT2D eigenvalue weighted by molar-refractivity contribution is 6.74. The first kappa shape index (κ1) is 24.4. The fraction of sp³-hybridized carbons (Fsp3) is 0.950. The van der Waals surface area contributed by atoms with Crippen molar-refractivity contribution in [3.05, 3.63) is 0 Å². The van der Waals surface area contributed by atoms with Gasteiger partial charge in [0.25, 0.3) is 0 Å². The summed E-state index contributed by atoms with van der Waals surface area (Å²) in [6.07, 6.45) is -0.742. The maximum absolute atomic E-state index is 13.0. The minimum atomic E-state index is -2.12. The number of nitrogens with zero attached hydrogens (tertiary/aromatic N) is 1. The van der Waals surface area contributed by atoms with Gasteiger partial charge in [-0.2, -0.15) is 0 Å². The van der Waals surface area contributed by atoms with Crippen molar-refractivity contribution in [3.63, 3.8) is 0 Å². The zero-order valence-corrected chi connectivity index (χ0v) is 20.2. The second-order valence-corrected chi connectivity index (χ2v) is 15.4. The molecule has 27 heavy (non-hydrogen) atoms. The lowest BCUT2D eigenvalue weighted by Crippen LogP contribution is -2.58. The molecule has 1 aliphatic heterocycles. The van der Waals surface area contributed by atoms with Crippen LogP contribution in [0, 0.1) is 5.92 Å². The number of aliphatic hydroxyl groups is 1. The lowest BCUT2D eigenvalue weighted by Gasteiger charge is -2.45. The lowest BCUT2D eigenvalue weighted by molar-refractivity contribution is -0.0704. The number of aliphatic hydroxyl groups excluding tert-OH is 1. The van der Waals surface area contributed by atoms with Crippen LogP contribution in [0.5, 0.6) is 0 Å². The first-order valence-corrected chi connectivity index (χ1v) is 12.8. The summed E-state index contributed by atoms with van der Waals surface area (Å²) in [6.45, 7) is 22.5. The first-order valence-electron chi connectivity index (χ1n) is 9.88. The van der Waals surface area contributed by atoms with Gasteiger partial charge in [0.1, 0.15) is 11.3 Å². The molecule has 0 radical (unpaired) electrons. The average Bonchev–Trinajstić information content (AvgIpc) is 2.76. The fourth-order valence-electron chi connectivity index (χ4n) is 2.94. The molecule has 1 fully saturated rings. The molecule has 1 aliphatic rings. The van der Waals surface area contributed by atoms with Gasteiger partial charge in [-0.3, -0.25) is 4.90 Å². The minimum absolute atomic E-state index is 0.0155. The lowest BCUT2D eigenvalue weighted by atomic mass is 9.98. The SMILES string of the molecule is CC(CO)C(O[Si](C)(C)C(C)(C)C)[C@H]1COC(C)(C)N1C(=O)OC(C)(C)C. The molecule has 3 atom stereocenters. The molecule has 0 aromatic rings. The zero-order valence-electron chi connectivity index (χ0n) is 19.2. The summed E-state index contributed by atoms with van der Waals surface area (Å²) in [7, 11) is -2.12. The van der Waals surface area contributed by atoms with Crippen molar-refractivity contribution in [3.8, 4) is 0 Å². The van der Waals surface area contributed by atoms with E-state index in [0.717, 1.165) is 0 Å². The molecule has 0 spiro atoms. The molecule has 1 N–H and O–H groups in total. The summed E-state index contributed by atoms with van der Waals surface area (Å²) in [5.74, 6) is -0.133. The van der Waals surface area contributed by atoms with Crippen molar-refractivity contribution in [2.75, 3.05) is 13.2 Å². The summed E-state index contributed by atoms with van der Waals surface area (Å²) in [5.41, 5.74) is -1.39. The Labute approximate surface area is 166 Å². The normalized spacial score (nSPS) is 23.3. The van der Waals surface area contributed by atoms with E-state index in [-0.39, 0.29) is 29.7 Å². The molecular weight excluding hydrogens is 362 g/mol. The van der Waals surface area contributed by atoms with E-state index in [1.807, 2.05) is 41.5 Å². The van der Waals surface area contributed by atoms with E-state index in [2.05, 4.69) is 33.9 Å². The number of carbonyl (C=O) groups excluding carboxylic acids is 1. The molecule has 160 valence electrons. The van der Waals surface area contributed by atoms with Gasteiger partial charge in [-0.15, -0.1) is 0 Å². The van der Waals surface area contributed by atoms with Gasteiger partial charge in [-0.25, -0.2) is 4.79 Å². The summed E-state index contributed by atoms with van der Waals surface area (Å²) in [4.78, 5) is 14.6. The van der Waals surface area contributed by atoms with Crippen LogP contribution in [0.3, 0.4) is 0 Å². The molecule has 1 rings (SSSR count). The zero-order chi connectivity index (χ0) is 21.4. The molecule has 6 nitrogen and oxygen atoms in total. The van der Waals surface area contributed by atoms with Crippen LogP contribution in [-0.4, -0.2) is 61.1 Å². The summed E-state index contributed by atoms with van der Waals surface area (Å²) >= 11 is 0. The molecule has 0 aromatic heterocycles. The quantitative estimate of drug-likeness (QED) is 0.690. The van der Waals surface area contributed by atoms with Gasteiger partial charge in [-0.1, -0.05) is 27.7 Å². The van der Waals surface area contributed by atoms with E-state index < -0.39 is 25.7 Å². The van der Waals surface area contributed by atoms with Gasteiger partial charge in [0.05, 0.1) is 18.8 Å². The van der Waals surface area contributed by atoms with Crippen LogP contribution in [-0.2, 0) is 13.9 Å². The van der Waals surface area contributed by atoms with E-state index in [0.29, 0.717) is 6.61 Å². The Morgan fingerprint density at radius 3 is 2.19 bits per heavy atom. The van der Waals surface area contributed by atoms with Crippen molar-refractivity contribution in [1.82, 2.24) is 4.90 Å². The molecule has 0 saturated carbocycles. The van der Waals surface area contributed by atoms with Crippen molar-refractivity contribution in [2.45, 2.75) is 104 Å². The predicted octanol–water partition coefficient (Wildman–Crippen LogP) is 4.38. The van der Waals surface area contributed by atoms with Gasteiger partial charge in [-0.05, 0) is 52.8 Å². The highest BCUT2D eigenvalue weighted by atomic mass is 28.4. The van der Waals surface area contributed by atoms with E-state index in [9.17, 15) is 9.90 Å². The Balaban J connectivity index is 3.24. The van der Waals surface area contributed by atoms with Gasteiger partial charge in [0.2, 0.25) is 0 Å². The minimum Gasteiger partial charge on any atom is -0.444 e. The second kappa shape index (κ2) is 8.01. The smallest absolute Gasteiger partial charge is 0.412 e. The Kier molecular flexibility index (Phi) is 7.24. The van der Waals surface area contributed by atoms with Crippen LogP contribution in [0.2, 0.25) is 18.1 Å². The maximum Gasteiger partial charge on any atom is 0.412 e. The molecular formula is C20H41NO5Si. The topological polar surface area (TPSA) is 68.2 Å². The number of hydrogen-bond donors (Lipinski definition) is 1. The van der Waals surface area contributed by atoms with Crippen LogP contribution in [0.1, 0.15) is 62.3 Å². The van der Waals surface area contributed by atoms with Gasteiger partial charge >= 0.3 is 6.09 Å². The van der Waals surface area contributed by atoms with Crippen molar-refractivity contribution in [2.24, 2.45) is 5.92 Å². The van der Waals surface area contributed by atoms with Crippen LogP contribution in [0.4, 0.5) is 4.79 Å². The van der Waals surface area contributed by atoms with Crippen LogP contribution < -0.4 is 0 Å². The van der Waals surface area contributed by atoms with E-state index in [1.165, 1.54) is 0 Å². The Morgan fingerprint density at radius 2 is 1.78 bits per heavy atom. The molecule has 0 aromatic carbocycles. The monoisotopic (exact) mass is 403 g/mol. The molecule has 0 aliphatic carbocycles. The molecule has 7 heteroatoms. The van der Waals surface area contributed by atoms with Gasteiger partial charge in [0, 0.05) is 12.5 Å². The van der Waals surface area contributed by atoms with E-state index in [1.54, 1.807) is 4.90 Å². The third-order valence-electron chi connectivity index (χ3n) is 5.57. The van der Waals surface area contributed by atoms with E-state index >= 15 is 0 Å². The van der Waals surface area contributed by atoms with Crippen molar-refractivity contribution >= 4 is 14.4 Å². The standard InChI is InChI=1S/C20H41NO5Si/c1-14(12-22)16(26-27(10,11)19(5,6)7)15-13-24-20(8,9)21(15)17(23)25-18(2,3)4/h14-16,22H,12-13H2,1-11H3/t14?,15-,16?/m1/s1. The Morgan fingerprint density at radius 1 is 1.26 bits per heavy atom. The summed E-state index contributed by atoms with van der Waals surface area (Å²) < 4.78 is 18.3. The fourth-order valence-corrected chi connectivity index (χ4v) is 4.36. The first-order chi connectivity index (χ1) is 11.9. The maximum atomic E-state index is 13.0. The Bertz CT molecular complexity index is 521. The van der Waals surface area contributed by atoms with Crippen LogP contribution in [0.25, 0.3) is 0 Å². The molecule has 1 saturated heterocycles. The third-order valence-corrected chi connectivity index (χ3v) is 10.0. The van der Waals surface area contributed by atoms with Crippen molar-refractivity contribution in [1.29, 1.82) is 0 Å². The molecule has 0 bridgehead atoms. The second-order valence-electron chi connectivity index (χ2n) is 10.7. The van der Waals surface area contributed by atoms with Crippen LogP contribution in [0.15, 0.2) is 0 Å². The molecule has 1 heterocycles. The highest BCUT2D eigenvalue weighted by Gasteiger charge is 2.52. The molecule has 1 amide bonds. The van der Waals surface area contributed by atoms with Crippen LogP contribution >= 0.6 is 0 Å². The summed E-state index contributed by atoms with van der Waals surface area (Å²) in [6, 6.07) is -0.314. The van der Waals surface area contributed by atoms with E-state index in [4.69, 9.17) is 13.9 Å². The highest BCUT2D eigenvalue weighted by Crippen LogP contribution is 2.41. The number of amides is 1. The summed E-state index contributed by atoms with van der Waals surface area (Å²) in [5, 5.41) is 9.89. The average molecular weight is 404 g/mol. The van der Waals surface area contributed by atoms with Crippen molar-refractivity contribution < 1.29 is 23.8 Å². The number of hydrogen-bond acceptors (Lipinski definition) is 5. The number of rotatable bonds is 5. The third kappa shape index (κ3) is 5.92. The number of ether oxygens (including phenoxy) is 2. The Hall–Kier alpha value is -0.633. The number of carbonyl (C=O) groups is 1.